The van der Waals surface area contributed by atoms with Gasteiger partial charge in [0.2, 0.25) is 0 Å². The van der Waals surface area contributed by atoms with Gasteiger partial charge in [-0.3, -0.25) is 4.79 Å². The average molecular weight is 259 g/mol. The van der Waals surface area contributed by atoms with E-state index in [-0.39, 0.29) is 21.4 Å². The first-order valence-electron chi connectivity index (χ1n) is 3.71. The van der Waals surface area contributed by atoms with Crippen LogP contribution in [0.15, 0.2) is 16.6 Å². The Hall–Kier alpha value is -1.36. The minimum Gasteiger partial charge on any atom is -0.506 e. The Morgan fingerprint density at radius 2 is 1.79 bits per heavy atom. The molecular weight excluding hydrogens is 252 g/mol. The molecule has 2 N–H and O–H groups in total. The van der Waals surface area contributed by atoms with Crippen molar-refractivity contribution in [2.75, 3.05) is 0 Å². The summed E-state index contributed by atoms with van der Waals surface area (Å²) >= 11 is 2.97. The summed E-state index contributed by atoms with van der Waals surface area (Å²) in [5, 5.41) is 18.1. The van der Waals surface area contributed by atoms with Gasteiger partial charge in [-0.15, -0.1) is 0 Å². The fourth-order valence-electron chi connectivity index (χ4n) is 1.01. The minimum atomic E-state index is -1.24. The quantitative estimate of drug-likeness (QED) is 0.797. The maximum atomic E-state index is 11.0. The SMILES string of the molecule is CC(=O)c1ccc(C(=O)O)c(O)c1Br. The second-order valence-corrected chi connectivity index (χ2v) is 3.48. The molecule has 0 heterocycles. The van der Waals surface area contributed by atoms with Gasteiger partial charge < -0.3 is 10.2 Å². The van der Waals surface area contributed by atoms with Crippen molar-refractivity contribution in [1.82, 2.24) is 0 Å². The summed E-state index contributed by atoms with van der Waals surface area (Å²) in [7, 11) is 0. The first-order chi connectivity index (χ1) is 6.45. The molecule has 0 bridgehead atoms. The van der Waals surface area contributed by atoms with E-state index in [4.69, 9.17) is 5.11 Å². The molecule has 1 aromatic rings. The number of aromatic carboxylic acids is 1. The van der Waals surface area contributed by atoms with Gasteiger partial charge in [0.15, 0.2) is 5.78 Å². The number of hydrogen-bond donors (Lipinski definition) is 2. The van der Waals surface area contributed by atoms with Crippen molar-refractivity contribution < 1.29 is 19.8 Å². The van der Waals surface area contributed by atoms with E-state index in [1.54, 1.807) is 0 Å². The zero-order valence-corrected chi connectivity index (χ0v) is 8.83. The molecule has 0 fully saturated rings. The van der Waals surface area contributed by atoms with E-state index in [1.807, 2.05) is 0 Å². The second-order valence-electron chi connectivity index (χ2n) is 2.68. The molecule has 0 amide bonds. The summed E-state index contributed by atoms with van der Waals surface area (Å²) in [6.07, 6.45) is 0. The van der Waals surface area contributed by atoms with Crippen LogP contribution in [0.2, 0.25) is 0 Å². The van der Waals surface area contributed by atoms with E-state index in [0.29, 0.717) is 0 Å². The van der Waals surface area contributed by atoms with Gasteiger partial charge in [-0.25, -0.2) is 4.79 Å². The monoisotopic (exact) mass is 258 g/mol. The zero-order chi connectivity index (χ0) is 10.9. The molecule has 0 unspecified atom stereocenters. The van der Waals surface area contributed by atoms with Gasteiger partial charge >= 0.3 is 5.97 Å². The summed E-state index contributed by atoms with van der Waals surface area (Å²) in [6, 6.07) is 2.55. The minimum absolute atomic E-state index is 0.116. The second kappa shape index (κ2) is 3.79. The molecule has 4 nitrogen and oxygen atoms in total. The molecule has 0 radical (unpaired) electrons. The largest absolute Gasteiger partial charge is 0.506 e. The van der Waals surface area contributed by atoms with Crippen molar-refractivity contribution in [2.45, 2.75) is 6.92 Å². The van der Waals surface area contributed by atoms with Gasteiger partial charge in [0, 0.05) is 5.56 Å². The number of carboxylic acid groups (broad SMARTS) is 1. The predicted molar refractivity (Wildman–Crippen MR) is 52.8 cm³/mol. The van der Waals surface area contributed by atoms with E-state index in [0.717, 1.165) is 0 Å². The molecule has 0 aliphatic heterocycles. The van der Waals surface area contributed by atoms with E-state index in [2.05, 4.69) is 15.9 Å². The van der Waals surface area contributed by atoms with Crippen LogP contribution >= 0.6 is 15.9 Å². The number of phenols is 1. The third-order valence-corrected chi connectivity index (χ3v) is 2.53. The standard InChI is InChI=1S/C9H7BrO4/c1-4(11)5-2-3-6(9(13)14)8(12)7(5)10/h2-3,12H,1H3,(H,13,14). The molecule has 5 heteroatoms. The van der Waals surface area contributed by atoms with Gasteiger partial charge in [-0.2, -0.15) is 0 Å². The van der Waals surface area contributed by atoms with Crippen molar-refractivity contribution in [3.8, 4) is 5.75 Å². The molecule has 74 valence electrons. The van der Waals surface area contributed by atoms with E-state index < -0.39 is 11.7 Å². The molecule has 0 aliphatic carbocycles. The fraction of sp³-hybridized carbons (Fsp3) is 0.111. The number of benzene rings is 1. The van der Waals surface area contributed by atoms with Crippen LogP contribution in [0.1, 0.15) is 27.6 Å². The third kappa shape index (κ3) is 1.77. The van der Waals surface area contributed by atoms with Crippen molar-refractivity contribution in [2.24, 2.45) is 0 Å². The smallest absolute Gasteiger partial charge is 0.339 e. The van der Waals surface area contributed by atoms with Crippen molar-refractivity contribution in [3.05, 3.63) is 27.7 Å². The molecule has 0 saturated heterocycles. The predicted octanol–water partition coefficient (Wildman–Crippen LogP) is 2.06. The number of carbonyl (C=O) groups excluding carboxylic acids is 1. The number of ketones is 1. The number of hydrogen-bond acceptors (Lipinski definition) is 3. The molecule has 0 aromatic heterocycles. The Balaban J connectivity index is 3.41. The molecule has 1 aromatic carbocycles. The first-order valence-corrected chi connectivity index (χ1v) is 4.50. The van der Waals surface area contributed by atoms with E-state index in [1.165, 1.54) is 19.1 Å². The number of carbonyl (C=O) groups is 2. The highest BCUT2D eigenvalue weighted by Crippen LogP contribution is 2.31. The lowest BCUT2D eigenvalue weighted by molar-refractivity contribution is 0.0693. The fourth-order valence-corrected chi connectivity index (χ4v) is 1.63. The van der Waals surface area contributed by atoms with Gasteiger partial charge in [-0.1, -0.05) is 0 Å². The van der Waals surface area contributed by atoms with Crippen LogP contribution in [0.3, 0.4) is 0 Å². The summed E-state index contributed by atoms with van der Waals surface area (Å²) in [4.78, 5) is 21.6. The topological polar surface area (TPSA) is 74.6 Å². The van der Waals surface area contributed by atoms with Crippen LogP contribution in [-0.4, -0.2) is 22.0 Å². The Kier molecular flexibility index (Phi) is 2.90. The van der Waals surface area contributed by atoms with E-state index in [9.17, 15) is 14.7 Å². The maximum Gasteiger partial charge on any atom is 0.339 e. The summed E-state index contributed by atoms with van der Waals surface area (Å²) in [5.74, 6) is -1.91. The number of Topliss-reactive ketones (excluding diaryl/α,β-unsaturated/α-hetero) is 1. The molecule has 0 spiro atoms. The Bertz CT molecular complexity index is 373. The van der Waals surface area contributed by atoms with Crippen molar-refractivity contribution >= 4 is 27.7 Å². The lowest BCUT2D eigenvalue weighted by atomic mass is 10.1. The first kappa shape index (κ1) is 10.7. The Morgan fingerprint density at radius 3 is 2.21 bits per heavy atom. The summed E-state index contributed by atoms with van der Waals surface area (Å²) in [5.41, 5.74) is 0.0226. The zero-order valence-electron chi connectivity index (χ0n) is 7.24. The van der Waals surface area contributed by atoms with Gasteiger partial charge in [0.25, 0.3) is 0 Å². The normalized spacial score (nSPS) is 9.86. The van der Waals surface area contributed by atoms with E-state index >= 15 is 0 Å². The third-order valence-electron chi connectivity index (χ3n) is 1.73. The Morgan fingerprint density at radius 1 is 1.29 bits per heavy atom. The summed E-state index contributed by atoms with van der Waals surface area (Å²) < 4.78 is 0.116. The number of halogens is 1. The van der Waals surface area contributed by atoms with Crippen molar-refractivity contribution in [1.29, 1.82) is 0 Å². The van der Waals surface area contributed by atoms with Crippen LogP contribution in [-0.2, 0) is 0 Å². The van der Waals surface area contributed by atoms with Gasteiger partial charge in [0.1, 0.15) is 11.3 Å². The number of aromatic hydroxyl groups is 1. The number of carboxylic acids is 1. The van der Waals surface area contributed by atoms with Crippen LogP contribution < -0.4 is 0 Å². The van der Waals surface area contributed by atoms with Crippen molar-refractivity contribution in [3.63, 3.8) is 0 Å². The van der Waals surface area contributed by atoms with Crippen LogP contribution in [0.4, 0.5) is 0 Å². The lowest BCUT2D eigenvalue weighted by Crippen LogP contribution is -2.01. The molecule has 0 aliphatic rings. The van der Waals surface area contributed by atoms with Crippen LogP contribution in [0.25, 0.3) is 0 Å². The summed E-state index contributed by atoms with van der Waals surface area (Å²) in [6.45, 7) is 1.33. The highest BCUT2D eigenvalue weighted by atomic mass is 79.9. The molecule has 0 atom stereocenters. The molecule has 14 heavy (non-hydrogen) atoms. The molecule has 1 rings (SSSR count). The highest BCUT2D eigenvalue weighted by Gasteiger charge is 2.16. The van der Waals surface area contributed by atoms with Crippen LogP contribution in [0.5, 0.6) is 5.75 Å². The average Bonchev–Trinajstić information content (AvgIpc) is 2.08. The molecule has 0 saturated carbocycles. The number of rotatable bonds is 2. The molecular formula is C9H7BrO4. The van der Waals surface area contributed by atoms with Gasteiger partial charge in [0.05, 0.1) is 4.47 Å². The van der Waals surface area contributed by atoms with Gasteiger partial charge in [-0.05, 0) is 35.0 Å². The Labute approximate surface area is 88.3 Å². The lowest BCUT2D eigenvalue weighted by Gasteiger charge is -2.05. The van der Waals surface area contributed by atoms with Crippen LogP contribution in [0, 0.1) is 0 Å². The highest BCUT2D eigenvalue weighted by molar-refractivity contribution is 9.10. The maximum absolute atomic E-state index is 11.0.